The highest BCUT2D eigenvalue weighted by atomic mass is 16.2. The lowest BCUT2D eigenvalue weighted by Crippen LogP contribution is -2.29. The molecule has 1 heterocycles. The van der Waals surface area contributed by atoms with E-state index in [2.05, 4.69) is 34.5 Å². The molecule has 0 bridgehead atoms. The summed E-state index contributed by atoms with van der Waals surface area (Å²) in [7, 11) is 0. The van der Waals surface area contributed by atoms with Gasteiger partial charge in [-0.3, -0.25) is 10.2 Å². The second-order valence-corrected chi connectivity index (χ2v) is 4.84. The van der Waals surface area contributed by atoms with Gasteiger partial charge in [-0.1, -0.05) is 31.2 Å². The highest BCUT2D eigenvalue weighted by molar-refractivity contribution is 5.97. The van der Waals surface area contributed by atoms with Gasteiger partial charge in [0, 0.05) is 11.1 Å². The van der Waals surface area contributed by atoms with Gasteiger partial charge in [0.1, 0.15) is 5.82 Å². The number of amides is 1. The zero-order chi connectivity index (χ0) is 14.8. The smallest absolute Gasteiger partial charge is 0.265 e. The van der Waals surface area contributed by atoms with E-state index in [4.69, 9.17) is 5.84 Å². The van der Waals surface area contributed by atoms with Gasteiger partial charge in [-0.15, -0.1) is 0 Å². The van der Waals surface area contributed by atoms with Gasteiger partial charge in [0.25, 0.3) is 5.91 Å². The molecule has 0 atom stereocenters. The minimum atomic E-state index is -0.319. The number of nitrogens with zero attached hydrogens (tertiary/aromatic N) is 1. The molecule has 5 heteroatoms. The van der Waals surface area contributed by atoms with Crippen molar-refractivity contribution in [3.05, 3.63) is 53.6 Å². The lowest BCUT2D eigenvalue weighted by molar-refractivity contribution is 0.0954. The molecule has 0 radical (unpaired) electrons. The number of hydrazine groups is 1. The Morgan fingerprint density at radius 1 is 1.24 bits per heavy atom. The number of nitrogens with two attached hydrogens (primary N) is 1. The number of aryl methyl sites for hydroxylation is 1. The van der Waals surface area contributed by atoms with Crippen molar-refractivity contribution in [3.63, 3.8) is 0 Å². The monoisotopic (exact) mass is 280 g/mol. The molecular weight excluding hydrogens is 264 g/mol. The summed E-state index contributed by atoms with van der Waals surface area (Å²) in [6, 6.07) is 13.5. The Hall–Kier alpha value is -2.66. The molecule has 0 aliphatic rings. The number of fused-ring (bicyclic) bond motifs is 1. The van der Waals surface area contributed by atoms with Crippen molar-refractivity contribution >= 4 is 16.9 Å². The van der Waals surface area contributed by atoms with Crippen LogP contribution in [0.5, 0.6) is 0 Å². The van der Waals surface area contributed by atoms with Gasteiger partial charge in [0.05, 0.1) is 11.0 Å². The van der Waals surface area contributed by atoms with Crippen LogP contribution in [0.2, 0.25) is 0 Å². The third-order valence-electron chi connectivity index (χ3n) is 3.51. The zero-order valence-corrected chi connectivity index (χ0v) is 11.7. The summed E-state index contributed by atoms with van der Waals surface area (Å²) in [5.74, 6) is 5.62. The number of aromatic amines is 1. The number of hydrogen-bond acceptors (Lipinski definition) is 3. The van der Waals surface area contributed by atoms with Crippen molar-refractivity contribution < 1.29 is 4.79 Å². The average molecular weight is 280 g/mol. The van der Waals surface area contributed by atoms with E-state index in [9.17, 15) is 4.79 Å². The molecule has 0 fully saturated rings. The number of hydrogen-bond donors (Lipinski definition) is 3. The van der Waals surface area contributed by atoms with Crippen LogP contribution in [-0.2, 0) is 6.42 Å². The number of H-pyrrole nitrogens is 1. The van der Waals surface area contributed by atoms with Crippen molar-refractivity contribution in [2.45, 2.75) is 13.3 Å². The Balaban J connectivity index is 2.01. The number of aromatic nitrogens is 2. The molecule has 0 saturated carbocycles. The molecule has 2 aromatic carbocycles. The van der Waals surface area contributed by atoms with Crippen LogP contribution in [-0.4, -0.2) is 15.9 Å². The second-order valence-electron chi connectivity index (χ2n) is 4.84. The topological polar surface area (TPSA) is 83.8 Å². The number of rotatable bonds is 3. The Labute approximate surface area is 122 Å². The van der Waals surface area contributed by atoms with E-state index < -0.39 is 0 Å². The molecule has 1 aromatic heterocycles. The van der Waals surface area contributed by atoms with Gasteiger partial charge in [-0.25, -0.2) is 10.8 Å². The Morgan fingerprint density at radius 3 is 2.67 bits per heavy atom. The van der Waals surface area contributed by atoms with Crippen molar-refractivity contribution in [2.24, 2.45) is 5.84 Å². The summed E-state index contributed by atoms with van der Waals surface area (Å²) in [6.45, 7) is 2.13. The predicted octanol–water partition coefficient (Wildman–Crippen LogP) is 2.40. The molecule has 5 nitrogen and oxygen atoms in total. The molecule has 1 amide bonds. The van der Waals surface area contributed by atoms with E-state index in [1.807, 2.05) is 12.1 Å². The number of nitrogens with one attached hydrogen (secondary N) is 2. The summed E-state index contributed by atoms with van der Waals surface area (Å²) >= 11 is 0. The van der Waals surface area contributed by atoms with E-state index in [-0.39, 0.29) is 5.91 Å². The van der Waals surface area contributed by atoms with Crippen molar-refractivity contribution in [2.75, 3.05) is 0 Å². The fourth-order valence-corrected chi connectivity index (χ4v) is 2.27. The van der Waals surface area contributed by atoms with Gasteiger partial charge in [0.2, 0.25) is 0 Å². The first-order valence-electron chi connectivity index (χ1n) is 6.81. The molecule has 21 heavy (non-hydrogen) atoms. The third kappa shape index (κ3) is 2.51. The van der Waals surface area contributed by atoms with Crippen LogP contribution >= 0.6 is 0 Å². The minimum Gasteiger partial charge on any atom is -0.338 e. The van der Waals surface area contributed by atoms with Gasteiger partial charge in [-0.2, -0.15) is 0 Å². The first-order valence-corrected chi connectivity index (χ1v) is 6.81. The third-order valence-corrected chi connectivity index (χ3v) is 3.51. The maximum atomic E-state index is 11.5. The lowest BCUT2D eigenvalue weighted by Gasteiger charge is -1.99. The maximum Gasteiger partial charge on any atom is 0.265 e. The molecule has 106 valence electrons. The van der Waals surface area contributed by atoms with Crippen LogP contribution < -0.4 is 11.3 Å². The number of nitrogen functional groups attached to an aromatic ring is 1. The van der Waals surface area contributed by atoms with Crippen LogP contribution in [0.3, 0.4) is 0 Å². The van der Waals surface area contributed by atoms with E-state index in [1.54, 1.807) is 18.2 Å². The van der Waals surface area contributed by atoms with Crippen LogP contribution in [0, 0.1) is 0 Å². The minimum absolute atomic E-state index is 0.319. The van der Waals surface area contributed by atoms with E-state index in [0.717, 1.165) is 28.8 Å². The second kappa shape index (κ2) is 5.38. The zero-order valence-electron chi connectivity index (χ0n) is 11.7. The Morgan fingerprint density at radius 2 is 2.00 bits per heavy atom. The Bertz CT molecular complexity index is 790. The summed E-state index contributed by atoms with van der Waals surface area (Å²) in [4.78, 5) is 19.3. The first-order chi connectivity index (χ1) is 10.2. The fraction of sp³-hybridized carbons (Fsp3) is 0.125. The largest absolute Gasteiger partial charge is 0.338 e. The molecule has 3 aromatic rings. The van der Waals surface area contributed by atoms with Crippen molar-refractivity contribution in [1.29, 1.82) is 0 Å². The van der Waals surface area contributed by atoms with Gasteiger partial charge in [0.15, 0.2) is 0 Å². The fourth-order valence-electron chi connectivity index (χ4n) is 2.27. The van der Waals surface area contributed by atoms with E-state index in [1.165, 1.54) is 5.56 Å². The normalized spacial score (nSPS) is 10.8. The van der Waals surface area contributed by atoms with E-state index in [0.29, 0.717) is 5.56 Å². The molecule has 0 saturated heterocycles. The molecule has 0 aliphatic heterocycles. The molecule has 0 spiro atoms. The van der Waals surface area contributed by atoms with Crippen LogP contribution in [0.15, 0.2) is 42.5 Å². The number of carbonyl (C=O) groups is 1. The van der Waals surface area contributed by atoms with Gasteiger partial charge >= 0.3 is 0 Å². The number of carbonyl (C=O) groups excluding carboxylic acids is 1. The van der Waals surface area contributed by atoms with Crippen LogP contribution in [0.25, 0.3) is 22.4 Å². The van der Waals surface area contributed by atoms with Gasteiger partial charge in [-0.05, 0) is 30.2 Å². The molecular formula is C16H16N4O. The highest BCUT2D eigenvalue weighted by Gasteiger charge is 2.09. The number of imidazole rings is 1. The van der Waals surface area contributed by atoms with Gasteiger partial charge < -0.3 is 4.98 Å². The summed E-state index contributed by atoms with van der Waals surface area (Å²) < 4.78 is 0. The lowest BCUT2D eigenvalue weighted by atomic mass is 10.1. The first kappa shape index (κ1) is 13.3. The van der Waals surface area contributed by atoms with Crippen LogP contribution in [0.4, 0.5) is 0 Å². The molecule has 0 aliphatic carbocycles. The Kier molecular flexibility index (Phi) is 3.41. The van der Waals surface area contributed by atoms with Crippen molar-refractivity contribution in [1.82, 2.24) is 15.4 Å². The van der Waals surface area contributed by atoms with Crippen LogP contribution in [0.1, 0.15) is 22.8 Å². The highest BCUT2D eigenvalue weighted by Crippen LogP contribution is 2.21. The maximum absolute atomic E-state index is 11.5. The SMILES string of the molecule is CCc1ccc(-c2nc3ccc(C(=O)NN)cc3[nH]2)cc1. The number of benzene rings is 2. The molecule has 3 rings (SSSR count). The average Bonchev–Trinajstić information content (AvgIpc) is 2.97. The molecule has 4 N–H and O–H groups in total. The standard InChI is InChI=1S/C16H16N4O/c1-2-10-3-5-11(6-4-10)15-18-13-8-7-12(16(21)20-17)9-14(13)19-15/h3-9H,2,17H2,1H3,(H,18,19)(H,20,21). The summed E-state index contributed by atoms with van der Waals surface area (Å²) in [5.41, 5.74) is 6.56. The predicted molar refractivity (Wildman–Crippen MR) is 82.6 cm³/mol. The van der Waals surface area contributed by atoms with Crippen molar-refractivity contribution in [3.8, 4) is 11.4 Å². The quantitative estimate of drug-likeness (QED) is 0.391. The summed E-state index contributed by atoms with van der Waals surface area (Å²) in [6.07, 6.45) is 1.01. The summed E-state index contributed by atoms with van der Waals surface area (Å²) in [5, 5.41) is 0. The van der Waals surface area contributed by atoms with E-state index >= 15 is 0 Å². The molecule has 0 unspecified atom stereocenters.